The summed E-state index contributed by atoms with van der Waals surface area (Å²) in [5.74, 6) is 1.29. The van der Waals surface area contributed by atoms with Crippen LogP contribution < -0.4 is 0 Å². The summed E-state index contributed by atoms with van der Waals surface area (Å²) in [6.07, 6.45) is 0. The fourth-order valence-corrected chi connectivity index (χ4v) is 2.30. The van der Waals surface area contributed by atoms with Crippen molar-refractivity contribution < 1.29 is 0 Å². The Labute approximate surface area is 119 Å². The van der Waals surface area contributed by atoms with Crippen LogP contribution in [0.15, 0.2) is 18.2 Å². The molecule has 0 radical (unpaired) electrons. The van der Waals surface area contributed by atoms with Crippen molar-refractivity contribution in [3.63, 3.8) is 0 Å². The highest BCUT2D eigenvalue weighted by Crippen LogP contribution is 2.27. The number of aryl methyl sites for hydroxylation is 2. The number of H-pyrrole nitrogens is 1. The van der Waals surface area contributed by atoms with Gasteiger partial charge in [0, 0.05) is 17.0 Å². The molecule has 0 aliphatic carbocycles. The fraction of sp³-hybridized carbons (Fsp3) is 0.375. The Morgan fingerprint density at radius 2 is 1.84 bits per heavy atom. The lowest BCUT2D eigenvalue weighted by Gasteiger charge is -2.14. The van der Waals surface area contributed by atoms with Crippen molar-refractivity contribution in [3.05, 3.63) is 45.4 Å². The van der Waals surface area contributed by atoms with Gasteiger partial charge >= 0.3 is 0 Å². The van der Waals surface area contributed by atoms with Crippen LogP contribution in [0.5, 0.6) is 0 Å². The summed E-state index contributed by atoms with van der Waals surface area (Å²) in [6.45, 7) is 10.5. The highest BCUT2D eigenvalue weighted by atomic mass is 32.1. The second-order valence-corrected chi connectivity index (χ2v) is 5.79. The molecule has 2 aromatic rings. The molecule has 0 atom stereocenters. The van der Waals surface area contributed by atoms with Crippen molar-refractivity contribution in [1.29, 1.82) is 0 Å². The first-order valence-corrected chi connectivity index (χ1v) is 6.99. The molecule has 1 N–H and O–H groups in total. The Hall–Kier alpha value is -1.48. The highest BCUT2D eigenvalue weighted by Gasteiger charge is 2.11. The van der Waals surface area contributed by atoms with Crippen LogP contribution >= 0.6 is 12.2 Å². The lowest BCUT2D eigenvalue weighted by atomic mass is 10.00. The third-order valence-corrected chi connectivity index (χ3v) is 3.78. The summed E-state index contributed by atoms with van der Waals surface area (Å²) in [5, 5.41) is 0. The van der Waals surface area contributed by atoms with Gasteiger partial charge in [0.25, 0.3) is 0 Å². The maximum absolute atomic E-state index is 5.39. The zero-order valence-electron chi connectivity index (χ0n) is 12.2. The summed E-state index contributed by atoms with van der Waals surface area (Å²) in [4.78, 5) is 7.93. The second kappa shape index (κ2) is 5.25. The van der Waals surface area contributed by atoms with E-state index in [0.29, 0.717) is 10.6 Å². The first-order valence-electron chi connectivity index (χ1n) is 6.58. The van der Waals surface area contributed by atoms with E-state index >= 15 is 0 Å². The van der Waals surface area contributed by atoms with Crippen LogP contribution in [0, 0.1) is 25.4 Å². The number of hydrogen-bond donors (Lipinski definition) is 1. The minimum absolute atomic E-state index is 0.339. The summed E-state index contributed by atoms with van der Waals surface area (Å²) < 4.78 is 0.693. The van der Waals surface area contributed by atoms with Gasteiger partial charge < -0.3 is 4.98 Å². The molecule has 1 aromatic heterocycles. The van der Waals surface area contributed by atoms with Crippen LogP contribution in [0.4, 0.5) is 0 Å². The Balaban J connectivity index is 2.74. The molecular formula is C16H20N2S. The second-order valence-electron chi connectivity index (χ2n) is 5.40. The number of nitrogens with zero attached hydrogens (tertiary/aromatic N) is 1. The summed E-state index contributed by atoms with van der Waals surface area (Å²) in [6, 6.07) is 6.48. The number of rotatable bonds is 2. The van der Waals surface area contributed by atoms with Gasteiger partial charge in [-0.15, -0.1) is 0 Å². The molecule has 0 amide bonds. The molecule has 0 fully saturated rings. The van der Waals surface area contributed by atoms with Crippen LogP contribution in [0.1, 0.15) is 42.3 Å². The molecule has 100 valence electrons. The molecule has 0 spiro atoms. The zero-order chi connectivity index (χ0) is 14.2. The number of nitrogens with one attached hydrogen (secondary N) is 1. The standard InChI is InChI=1S/C16H20N2S/c1-9(2)15-17-14(12(5)16(19)18-15)13-8-10(3)6-7-11(13)4/h6-9H,1-5H3,(H,17,18,19). The van der Waals surface area contributed by atoms with Crippen molar-refractivity contribution in [1.82, 2.24) is 9.97 Å². The Bertz CT molecular complexity index is 669. The van der Waals surface area contributed by atoms with Gasteiger partial charge in [0.2, 0.25) is 0 Å². The Morgan fingerprint density at radius 3 is 2.47 bits per heavy atom. The molecular weight excluding hydrogens is 252 g/mol. The van der Waals surface area contributed by atoms with Gasteiger partial charge in [0.05, 0.1) is 5.69 Å². The lowest BCUT2D eigenvalue weighted by Crippen LogP contribution is -2.03. The molecule has 2 rings (SSSR count). The third-order valence-electron chi connectivity index (χ3n) is 3.38. The number of benzene rings is 1. The highest BCUT2D eigenvalue weighted by molar-refractivity contribution is 7.71. The Morgan fingerprint density at radius 1 is 1.16 bits per heavy atom. The van der Waals surface area contributed by atoms with Gasteiger partial charge in [0.1, 0.15) is 10.5 Å². The third kappa shape index (κ3) is 2.76. The van der Waals surface area contributed by atoms with Crippen LogP contribution in [0.25, 0.3) is 11.3 Å². The number of hydrogen-bond acceptors (Lipinski definition) is 2. The predicted molar refractivity (Wildman–Crippen MR) is 83.2 cm³/mol. The zero-order valence-corrected chi connectivity index (χ0v) is 13.0. The van der Waals surface area contributed by atoms with E-state index < -0.39 is 0 Å². The van der Waals surface area contributed by atoms with E-state index in [1.165, 1.54) is 16.7 Å². The maximum atomic E-state index is 5.39. The van der Waals surface area contributed by atoms with Gasteiger partial charge in [-0.25, -0.2) is 4.98 Å². The van der Waals surface area contributed by atoms with Crippen molar-refractivity contribution in [2.45, 2.75) is 40.5 Å². The van der Waals surface area contributed by atoms with E-state index in [0.717, 1.165) is 17.1 Å². The van der Waals surface area contributed by atoms with Crippen molar-refractivity contribution in [2.75, 3.05) is 0 Å². The van der Waals surface area contributed by atoms with E-state index in [1.807, 2.05) is 6.92 Å². The van der Waals surface area contributed by atoms with Gasteiger partial charge in [0.15, 0.2) is 0 Å². The van der Waals surface area contributed by atoms with Crippen molar-refractivity contribution in [2.24, 2.45) is 0 Å². The quantitative estimate of drug-likeness (QED) is 0.791. The van der Waals surface area contributed by atoms with Crippen LogP contribution in [-0.4, -0.2) is 9.97 Å². The molecule has 0 aliphatic heterocycles. The molecule has 0 saturated carbocycles. The molecule has 0 bridgehead atoms. The van der Waals surface area contributed by atoms with E-state index in [-0.39, 0.29) is 0 Å². The molecule has 0 saturated heterocycles. The van der Waals surface area contributed by atoms with E-state index in [4.69, 9.17) is 12.2 Å². The van der Waals surface area contributed by atoms with Gasteiger partial charge in [-0.2, -0.15) is 0 Å². The fourth-order valence-electron chi connectivity index (χ4n) is 2.10. The molecule has 3 heteroatoms. The van der Waals surface area contributed by atoms with Crippen LogP contribution in [0.2, 0.25) is 0 Å². The largest absolute Gasteiger partial charge is 0.343 e. The van der Waals surface area contributed by atoms with Gasteiger partial charge in [-0.3, -0.25) is 0 Å². The number of aromatic amines is 1. The normalized spacial score (nSPS) is 11.1. The monoisotopic (exact) mass is 272 g/mol. The lowest BCUT2D eigenvalue weighted by molar-refractivity contribution is 0.770. The van der Waals surface area contributed by atoms with Crippen molar-refractivity contribution >= 4 is 12.2 Å². The van der Waals surface area contributed by atoms with E-state index in [1.54, 1.807) is 0 Å². The summed E-state index contributed by atoms with van der Waals surface area (Å²) in [5.41, 5.74) is 5.87. The molecule has 19 heavy (non-hydrogen) atoms. The average molecular weight is 272 g/mol. The molecule has 2 nitrogen and oxygen atoms in total. The van der Waals surface area contributed by atoms with Crippen LogP contribution in [-0.2, 0) is 0 Å². The molecule has 1 heterocycles. The average Bonchev–Trinajstić information content (AvgIpc) is 2.35. The van der Waals surface area contributed by atoms with Crippen molar-refractivity contribution in [3.8, 4) is 11.3 Å². The smallest absolute Gasteiger partial charge is 0.133 e. The van der Waals surface area contributed by atoms with E-state index in [2.05, 4.69) is 55.9 Å². The van der Waals surface area contributed by atoms with Crippen LogP contribution in [0.3, 0.4) is 0 Å². The SMILES string of the molecule is Cc1ccc(C)c(-c2[nH]c(C(C)C)nc(=S)c2C)c1. The topological polar surface area (TPSA) is 28.7 Å². The van der Waals surface area contributed by atoms with E-state index in [9.17, 15) is 0 Å². The predicted octanol–water partition coefficient (Wildman–Crippen LogP) is 4.85. The minimum atomic E-state index is 0.339. The molecule has 0 unspecified atom stereocenters. The minimum Gasteiger partial charge on any atom is -0.343 e. The summed E-state index contributed by atoms with van der Waals surface area (Å²) in [7, 11) is 0. The number of aromatic nitrogens is 2. The van der Waals surface area contributed by atoms with Gasteiger partial charge in [-0.05, 0) is 32.4 Å². The molecule has 1 aromatic carbocycles. The molecule has 0 aliphatic rings. The first kappa shape index (κ1) is 13.9. The van der Waals surface area contributed by atoms with Gasteiger partial charge in [-0.1, -0.05) is 43.8 Å². The Kier molecular flexibility index (Phi) is 3.85. The maximum Gasteiger partial charge on any atom is 0.133 e. The summed E-state index contributed by atoms with van der Waals surface area (Å²) >= 11 is 5.39. The first-order chi connectivity index (χ1) is 8.90.